The Morgan fingerprint density at radius 1 is 0.765 bits per heavy atom. The predicted octanol–water partition coefficient (Wildman–Crippen LogP) is 3.34. The Morgan fingerprint density at radius 2 is 1.24 bits per heavy atom. The summed E-state index contributed by atoms with van der Waals surface area (Å²) in [4.78, 5) is 0. The summed E-state index contributed by atoms with van der Waals surface area (Å²) < 4.78 is 0. The number of aromatic hydroxyl groups is 1. The van der Waals surface area contributed by atoms with E-state index in [0.717, 1.165) is 0 Å². The predicted molar refractivity (Wildman–Crippen MR) is 72.4 cm³/mol. The quantitative estimate of drug-likeness (QED) is 0.825. The molecule has 0 aromatic heterocycles. The molecule has 1 N–H and O–H groups in total. The molecule has 0 fully saturated rings. The van der Waals surface area contributed by atoms with E-state index in [1.807, 2.05) is 18.2 Å². The maximum atomic E-state index is 9.29. The minimum Gasteiger partial charge on any atom is -0.508 e. The second-order valence-corrected chi connectivity index (χ2v) is 4.54. The largest absolute Gasteiger partial charge is 0.508 e. The third kappa shape index (κ3) is 3.39. The molecule has 2 radical (unpaired) electrons. The van der Waals surface area contributed by atoms with E-state index in [-0.39, 0.29) is 54.3 Å². The van der Waals surface area contributed by atoms with E-state index in [1.54, 1.807) is 12.1 Å². The molecule has 17 heavy (non-hydrogen) atoms. The Bertz CT molecular complexity index is 460. The number of phenolic OH excluding ortho intramolecular Hbond substituents is 1. The SMILES string of the molecule is CC(C)(c1ccccc1)c1ccc(O)cc1.[Ba]. The molecule has 0 unspecified atom stereocenters. The Morgan fingerprint density at radius 3 is 1.76 bits per heavy atom. The van der Waals surface area contributed by atoms with E-state index in [9.17, 15) is 5.11 Å². The van der Waals surface area contributed by atoms with Gasteiger partial charge in [-0.3, -0.25) is 0 Å². The summed E-state index contributed by atoms with van der Waals surface area (Å²) in [5, 5.41) is 9.29. The van der Waals surface area contributed by atoms with E-state index in [1.165, 1.54) is 11.1 Å². The first-order valence-corrected chi connectivity index (χ1v) is 5.46. The van der Waals surface area contributed by atoms with Gasteiger partial charge in [-0.05, 0) is 23.3 Å². The molecule has 0 saturated carbocycles. The summed E-state index contributed by atoms with van der Waals surface area (Å²) in [6.07, 6.45) is 0. The summed E-state index contributed by atoms with van der Waals surface area (Å²) >= 11 is 0. The van der Waals surface area contributed by atoms with Crippen LogP contribution in [0.4, 0.5) is 0 Å². The molecular weight excluding hydrogens is 333 g/mol. The normalized spacial score (nSPS) is 10.7. The first kappa shape index (κ1) is 14.9. The molecule has 0 heterocycles. The minimum atomic E-state index is -0.0328. The fourth-order valence-electron chi connectivity index (χ4n) is 1.90. The van der Waals surface area contributed by atoms with Gasteiger partial charge in [0.2, 0.25) is 0 Å². The number of benzene rings is 2. The maximum Gasteiger partial charge on any atom is 0.115 e. The van der Waals surface area contributed by atoms with Crippen molar-refractivity contribution >= 4 is 48.9 Å². The van der Waals surface area contributed by atoms with Crippen molar-refractivity contribution in [3.63, 3.8) is 0 Å². The molecule has 0 aliphatic carbocycles. The van der Waals surface area contributed by atoms with Crippen LogP contribution < -0.4 is 0 Å². The Labute approximate surface area is 143 Å². The van der Waals surface area contributed by atoms with Gasteiger partial charge >= 0.3 is 0 Å². The molecule has 2 rings (SSSR count). The van der Waals surface area contributed by atoms with Crippen molar-refractivity contribution in [3.8, 4) is 5.75 Å². The van der Waals surface area contributed by atoms with Crippen LogP contribution in [0.5, 0.6) is 5.75 Å². The number of hydrogen-bond donors (Lipinski definition) is 1. The van der Waals surface area contributed by atoms with Crippen LogP contribution in [0.15, 0.2) is 54.6 Å². The van der Waals surface area contributed by atoms with Gasteiger partial charge in [0.25, 0.3) is 0 Å². The maximum absolute atomic E-state index is 9.29. The van der Waals surface area contributed by atoms with Gasteiger partial charge in [0.15, 0.2) is 0 Å². The number of rotatable bonds is 2. The molecule has 84 valence electrons. The van der Waals surface area contributed by atoms with Gasteiger partial charge in [-0.25, -0.2) is 0 Å². The first-order valence-electron chi connectivity index (χ1n) is 5.46. The van der Waals surface area contributed by atoms with Gasteiger partial charge in [-0.1, -0.05) is 56.3 Å². The summed E-state index contributed by atoms with van der Waals surface area (Å²) in [6.45, 7) is 4.38. The zero-order valence-electron chi connectivity index (χ0n) is 10.4. The zero-order chi connectivity index (χ0) is 11.6. The average molecular weight is 350 g/mol. The van der Waals surface area contributed by atoms with E-state index in [4.69, 9.17) is 0 Å². The molecule has 0 aliphatic rings. The van der Waals surface area contributed by atoms with Crippen molar-refractivity contribution in [1.82, 2.24) is 0 Å². The van der Waals surface area contributed by atoms with Crippen LogP contribution in [0, 0.1) is 0 Å². The number of hydrogen-bond acceptors (Lipinski definition) is 1. The van der Waals surface area contributed by atoms with E-state index in [0.29, 0.717) is 5.75 Å². The fraction of sp³-hybridized carbons (Fsp3) is 0.200. The van der Waals surface area contributed by atoms with Crippen LogP contribution in [-0.4, -0.2) is 54.0 Å². The Kier molecular flexibility index (Phi) is 5.35. The molecule has 2 heteroatoms. The topological polar surface area (TPSA) is 20.2 Å². The monoisotopic (exact) mass is 350 g/mol. The van der Waals surface area contributed by atoms with Crippen LogP contribution in [0.2, 0.25) is 0 Å². The molecule has 2 aromatic carbocycles. The summed E-state index contributed by atoms with van der Waals surface area (Å²) in [7, 11) is 0. The third-order valence-electron chi connectivity index (χ3n) is 3.08. The van der Waals surface area contributed by atoms with Gasteiger partial charge in [0.1, 0.15) is 5.75 Å². The second-order valence-electron chi connectivity index (χ2n) is 4.54. The van der Waals surface area contributed by atoms with Crippen LogP contribution in [0.3, 0.4) is 0 Å². The second kappa shape index (κ2) is 6.12. The molecular formula is C15H16BaO. The van der Waals surface area contributed by atoms with Gasteiger partial charge in [-0.2, -0.15) is 0 Å². The van der Waals surface area contributed by atoms with Crippen molar-refractivity contribution in [3.05, 3.63) is 65.7 Å². The summed E-state index contributed by atoms with van der Waals surface area (Å²) in [6, 6.07) is 17.8. The van der Waals surface area contributed by atoms with Crippen LogP contribution in [0.25, 0.3) is 0 Å². The van der Waals surface area contributed by atoms with E-state index >= 15 is 0 Å². The summed E-state index contributed by atoms with van der Waals surface area (Å²) in [5.74, 6) is 0.313. The fourth-order valence-corrected chi connectivity index (χ4v) is 1.90. The standard InChI is InChI=1S/C15H16O.Ba/c1-15(2,12-6-4-3-5-7-12)13-8-10-14(16)11-9-13;/h3-11,16H,1-2H3;. The van der Waals surface area contributed by atoms with Gasteiger partial charge < -0.3 is 5.11 Å². The third-order valence-corrected chi connectivity index (χ3v) is 3.08. The van der Waals surface area contributed by atoms with E-state index < -0.39 is 0 Å². The van der Waals surface area contributed by atoms with Crippen molar-refractivity contribution in [1.29, 1.82) is 0 Å². The molecule has 0 atom stereocenters. The Balaban J connectivity index is 0.00000144. The van der Waals surface area contributed by atoms with Crippen LogP contribution in [0.1, 0.15) is 25.0 Å². The van der Waals surface area contributed by atoms with Crippen molar-refractivity contribution in [2.45, 2.75) is 19.3 Å². The smallest absolute Gasteiger partial charge is 0.115 e. The molecule has 2 aromatic rings. The Hall–Kier alpha value is -0.189. The van der Waals surface area contributed by atoms with Crippen LogP contribution in [-0.2, 0) is 5.41 Å². The van der Waals surface area contributed by atoms with Gasteiger partial charge in [-0.15, -0.1) is 0 Å². The molecule has 0 saturated heterocycles. The molecule has 1 nitrogen and oxygen atoms in total. The number of phenols is 1. The van der Waals surface area contributed by atoms with Crippen molar-refractivity contribution in [2.24, 2.45) is 0 Å². The van der Waals surface area contributed by atoms with Gasteiger partial charge in [0.05, 0.1) is 0 Å². The summed E-state index contributed by atoms with van der Waals surface area (Å²) in [5.41, 5.74) is 2.45. The molecule has 0 amide bonds. The molecule has 0 spiro atoms. The van der Waals surface area contributed by atoms with Crippen LogP contribution >= 0.6 is 0 Å². The average Bonchev–Trinajstić information content (AvgIpc) is 2.31. The van der Waals surface area contributed by atoms with Crippen molar-refractivity contribution in [2.75, 3.05) is 0 Å². The molecule has 0 aliphatic heterocycles. The first-order chi connectivity index (χ1) is 7.60. The minimum absolute atomic E-state index is 0. The molecule has 0 bridgehead atoms. The zero-order valence-corrected chi connectivity index (χ0v) is 14.8. The van der Waals surface area contributed by atoms with E-state index in [2.05, 4.69) is 38.1 Å². The van der Waals surface area contributed by atoms with Crippen molar-refractivity contribution < 1.29 is 5.11 Å². The van der Waals surface area contributed by atoms with Gasteiger partial charge in [0, 0.05) is 54.3 Å².